The first kappa shape index (κ1) is 15.2. The molecule has 0 saturated heterocycles. The number of nitrogens with two attached hydrogens (primary N) is 1. The fourth-order valence-electron chi connectivity index (χ4n) is 2.80. The van der Waals surface area contributed by atoms with Crippen molar-refractivity contribution in [1.82, 2.24) is 0 Å². The van der Waals surface area contributed by atoms with Crippen LogP contribution in [0.1, 0.15) is 33.1 Å². The molecular weight excluding hydrogens is 284 g/mol. The Hall–Kier alpha value is -1.17. The summed E-state index contributed by atoms with van der Waals surface area (Å²) in [5, 5.41) is -0.721. The van der Waals surface area contributed by atoms with Gasteiger partial charge in [0.1, 0.15) is 16.5 Å². The van der Waals surface area contributed by atoms with Crippen LogP contribution in [-0.2, 0) is 9.84 Å². The van der Waals surface area contributed by atoms with E-state index in [0.717, 1.165) is 18.6 Å². The number of halogens is 2. The smallest absolute Gasteiger partial charge is 0.187 e. The van der Waals surface area contributed by atoms with Crippen LogP contribution in [0.2, 0.25) is 0 Å². The maximum Gasteiger partial charge on any atom is 0.187 e. The Bertz CT molecular complexity index is 593. The minimum atomic E-state index is -4.00. The molecular formula is C14H19F2NO2S. The van der Waals surface area contributed by atoms with Crippen molar-refractivity contribution in [3.8, 4) is 0 Å². The highest BCUT2D eigenvalue weighted by Crippen LogP contribution is 2.36. The van der Waals surface area contributed by atoms with Crippen LogP contribution in [0.4, 0.5) is 14.5 Å². The molecule has 0 radical (unpaired) electrons. The van der Waals surface area contributed by atoms with Crippen LogP contribution in [0.25, 0.3) is 0 Å². The molecule has 0 aliphatic heterocycles. The van der Waals surface area contributed by atoms with E-state index < -0.39 is 31.6 Å². The zero-order valence-corrected chi connectivity index (χ0v) is 12.4. The van der Waals surface area contributed by atoms with Crippen molar-refractivity contribution in [3.63, 3.8) is 0 Å². The molecule has 6 heteroatoms. The van der Waals surface area contributed by atoms with Gasteiger partial charge < -0.3 is 5.73 Å². The van der Waals surface area contributed by atoms with Crippen LogP contribution < -0.4 is 5.73 Å². The highest BCUT2D eigenvalue weighted by Gasteiger charge is 2.37. The Morgan fingerprint density at radius 1 is 1.10 bits per heavy atom. The average Bonchev–Trinajstić information content (AvgIpc) is 2.30. The maximum atomic E-state index is 13.8. The van der Waals surface area contributed by atoms with Crippen LogP contribution in [0.5, 0.6) is 0 Å². The second kappa shape index (κ2) is 5.31. The summed E-state index contributed by atoms with van der Waals surface area (Å²) in [5.74, 6) is -1.55. The van der Waals surface area contributed by atoms with Crippen molar-refractivity contribution >= 4 is 15.5 Å². The molecule has 112 valence electrons. The van der Waals surface area contributed by atoms with Crippen molar-refractivity contribution in [2.75, 3.05) is 5.73 Å². The third-order valence-electron chi connectivity index (χ3n) is 4.29. The SMILES string of the molecule is CC1CCC(S(=O)(=O)c2c(F)cc(N)cc2F)CC1C. The second-order valence-electron chi connectivity index (χ2n) is 5.75. The van der Waals surface area contributed by atoms with E-state index in [1.54, 1.807) is 0 Å². The summed E-state index contributed by atoms with van der Waals surface area (Å²) in [6.45, 7) is 4.04. The highest BCUT2D eigenvalue weighted by molar-refractivity contribution is 7.92. The van der Waals surface area contributed by atoms with Gasteiger partial charge in [-0.15, -0.1) is 0 Å². The van der Waals surface area contributed by atoms with Gasteiger partial charge in [-0.2, -0.15) is 0 Å². The van der Waals surface area contributed by atoms with E-state index in [1.165, 1.54) is 0 Å². The first-order valence-corrected chi connectivity index (χ1v) is 8.26. The van der Waals surface area contributed by atoms with E-state index in [1.807, 2.05) is 6.92 Å². The van der Waals surface area contributed by atoms with E-state index in [-0.39, 0.29) is 11.6 Å². The number of hydrogen-bond donors (Lipinski definition) is 1. The molecule has 0 amide bonds. The quantitative estimate of drug-likeness (QED) is 0.854. The third-order valence-corrected chi connectivity index (χ3v) is 6.56. The molecule has 2 rings (SSSR count). The normalized spacial score (nSPS) is 27.5. The molecule has 1 aliphatic carbocycles. The molecule has 0 aromatic heterocycles. The average molecular weight is 303 g/mol. The van der Waals surface area contributed by atoms with Crippen molar-refractivity contribution in [3.05, 3.63) is 23.8 Å². The van der Waals surface area contributed by atoms with Crippen molar-refractivity contribution < 1.29 is 17.2 Å². The molecule has 3 nitrogen and oxygen atoms in total. The summed E-state index contributed by atoms with van der Waals surface area (Å²) in [6.07, 6.45) is 1.63. The molecule has 3 atom stereocenters. The summed E-state index contributed by atoms with van der Waals surface area (Å²) in [6, 6.07) is 1.70. The minimum absolute atomic E-state index is 0.121. The minimum Gasteiger partial charge on any atom is -0.399 e. The molecule has 0 bridgehead atoms. The molecule has 20 heavy (non-hydrogen) atoms. The lowest BCUT2D eigenvalue weighted by Gasteiger charge is -2.31. The zero-order valence-electron chi connectivity index (χ0n) is 11.6. The molecule has 3 unspecified atom stereocenters. The Morgan fingerprint density at radius 2 is 1.65 bits per heavy atom. The van der Waals surface area contributed by atoms with E-state index >= 15 is 0 Å². The van der Waals surface area contributed by atoms with Crippen LogP contribution in [0, 0.1) is 23.5 Å². The summed E-state index contributed by atoms with van der Waals surface area (Å²) in [7, 11) is -4.00. The number of anilines is 1. The van der Waals surface area contributed by atoms with Gasteiger partial charge in [0.25, 0.3) is 0 Å². The molecule has 1 fully saturated rings. The summed E-state index contributed by atoms with van der Waals surface area (Å²) in [4.78, 5) is -0.835. The molecule has 1 aliphatic rings. The fourth-order valence-corrected chi connectivity index (χ4v) is 4.80. The Kier molecular flexibility index (Phi) is 4.04. The Balaban J connectivity index is 2.41. The monoisotopic (exact) mass is 303 g/mol. The molecule has 2 N–H and O–H groups in total. The lowest BCUT2D eigenvalue weighted by Crippen LogP contribution is -2.32. The summed E-state index contributed by atoms with van der Waals surface area (Å²) >= 11 is 0. The topological polar surface area (TPSA) is 60.2 Å². The van der Waals surface area contributed by atoms with E-state index in [4.69, 9.17) is 5.73 Å². The summed E-state index contributed by atoms with van der Waals surface area (Å²) < 4.78 is 52.6. The van der Waals surface area contributed by atoms with E-state index in [0.29, 0.717) is 18.8 Å². The van der Waals surface area contributed by atoms with E-state index in [2.05, 4.69) is 6.92 Å². The lowest BCUT2D eigenvalue weighted by molar-refractivity contribution is 0.277. The standard InChI is InChI=1S/C14H19F2NO2S/c1-8-3-4-11(5-9(8)2)20(18,19)14-12(15)6-10(17)7-13(14)16/h6-9,11H,3-5,17H2,1-2H3. The van der Waals surface area contributed by atoms with Crippen LogP contribution in [0.15, 0.2) is 17.0 Å². The molecule has 0 heterocycles. The number of nitrogen functional groups attached to an aromatic ring is 1. The van der Waals surface area contributed by atoms with Gasteiger partial charge in [-0.05, 0) is 43.2 Å². The van der Waals surface area contributed by atoms with Crippen LogP contribution >= 0.6 is 0 Å². The van der Waals surface area contributed by atoms with Gasteiger partial charge >= 0.3 is 0 Å². The van der Waals surface area contributed by atoms with Gasteiger partial charge in [-0.3, -0.25) is 0 Å². The lowest BCUT2D eigenvalue weighted by atomic mass is 9.81. The van der Waals surface area contributed by atoms with Crippen LogP contribution in [0.3, 0.4) is 0 Å². The van der Waals surface area contributed by atoms with Gasteiger partial charge in [-0.25, -0.2) is 17.2 Å². The van der Waals surface area contributed by atoms with Gasteiger partial charge in [-0.1, -0.05) is 13.8 Å². The fraction of sp³-hybridized carbons (Fsp3) is 0.571. The Morgan fingerprint density at radius 3 is 2.15 bits per heavy atom. The maximum absolute atomic E-state index is 13.8. The molecule has 1 aromatic carbocycles. The Labute approximate surface area is 118 Å². The van der Waals surface area contributed by atoms with Gasteiger partial charge in [0.15, 0.2) is 9.84 Å². The summed E-state index contributed by atoms with van der Waals surface area (Å²) in [5.41, 5.74) is 5.19. The van der Waals surface area contributed by atoms with Crippen molar-refractivity contribution in [2.24, 2.45) is 11.8 Å². The zero-order chi connectivity index (χ0) is 15.1. The third kappa shape index (κ3) is 2.66. The van der Waals surface area contributed by atoms with E-state index in [9.17, 15) is 17.2 Å². The number of benzene rings is 1. The first-order chi connectivity index (χ1) is 9.23. The molecule has 0 spiro atoms. The number of sulfone groups is 1. The molecule has 1 aromatic rings. The van der Waals surface area contributed by atoms with Gasteiger partial charge in [0.2, 0.25) is 0 Å². The number of rotatable bonds is 2. The van der Waals surface area contributed by atoms with Gasteiger partial charge in [0.05, 0.1) is 5.25 Å². The largest absolute Gasteiger partial charge is 0.399 e. The predicted octanol–water partition coefficient (Wildman–Crippen LogP) is 3.15. The van der Waals surface area contributed by atoms with Crippen molar-refractivity contribution in [1.29, 1.82) is 0 Å². The van der Waals surface area contributed by atoms with Crippen molar-refractivity contribution in [2.45, 2.75) is 43.3 Å². The van der Waals surface area contributed by atoms with Crippen LogP contribution in [-0.4, -0.2) is 13.7 Å². The second-order valence-corrected chi connectivity index (χ2v) is 7.91. The predicted molar refractivity (Wildman–Crippen MR) is 73.9 cm³/mol. The first-order valence-electron chi connectivity index (χ1n) is 6.72. The molecule has 1 saturated carbocycles. The number of hydrogen-bond acceptors (Lipinski definition) is 3. The van der Waals surface area contributed by atoms with Gasteiger partial charge in [0, 0.05) is 5.69 Å². The highest BCUT2D eigenvalue weighted by atomic mass is 32.2.